The average molecular weight is 354 g/mol. The zero-order valence-corrected chi connectivity index (χ0v) is 14.9. The van der Waals surface area contributed by atoms with E-state index in [4.69, 9.17) is 4.98 Å². The minimum absolute atomic E-state index is 0.0753. The van der Waals surface area contributed by atoms with Gasteiger partial charge < -0.3 is 15.1 Å². The maximum absolute atomic E-state index is 11.4. The van der Waals surface area contributed by atoms with Gasteiger partial charge in [0.1, 0.15) is 17.1 Å². The van der Waals surface area contributed by atoms with Crippen molar-refractivity contribution in [2.24, 2.45) is 11.8 Å². The number of aryl methyl sites for hydroxylation is 1. The summed E-state index contributed by atoms with van der Waals surface area (Å²) in [6, 6.07) is 4.08. The molecule has 136 valence electrons. The largest absolute Gasteiger partial charge is 0.515 e. The molecule has 1 aliphatic heterocycles. The van der Waals surface area contributed by atoms with E-state index < -0.39 is 5.97 Å². The number of aliphatic hydroxyl groups excluding tert-OH is 1. The molecule has 1 saturated carbocycles. The van der Waals surface area contributed by atoms with E-state index in [2.05, 4.69) is 10.00 Å². The number of carbonyl (C=O) groups is 1. The zero-order valence-electron chi connectivity index (χ0n) is 14.9. The molecule has 4 rings (SSSR count). The Kier molecular flexibility index (Phi) is 3.94. The monoisotopic (exact) mass is 354 g/mol. The molecule has 1 saturated heterocycles. The van der Waals surface area contributed by atoms with Gasteiger partial charge in [-0.1, -0.05) is 6.07 Å². The van der Waals surface area contributed by atoms with Gasteiger partial charge in [-0.15, -0.1) is 0 Å². The molecular weight excluding hydrogens is 332 g/mol. The van der Waals surface area contributed by atoms with E-state index in [0.717, 1.165) is 48.3 Å². The lowest BCUT2D eigenvalue weighted by molar-refractivity contribution is 0.0696. The molecule has 0 aromatic carbocycles. The molecule has 3 heterocycles. The minimum atomic E-state index is -1.06. The first-order valence-corrected chi connectivity index (χ1v) is 8.80. The molecular formula is C19H22N4O3. The topological polar surface area (TPSA) is 91.5 Å². The number of aromatic nitrogens is 3. The first kappa shape index (κ1) is 16.6. The molecule has 2 N–H and O–H groups in total. The molecule has 0 bridgehead atoms. The molecule has 0 spiro atoms. The number of anilines is 1. The van der Waals surface area contributed by atoms with E-state index >= 15 is 0 Å². The first-order chi connectivity index (χ1) is 12.5. The summed E-state index contributed by atoms with van der Waals surface area (Å²) in [7, 11) is 0. The van der Waals surface area contributed by atoms with Gasteiger partial charge in [0, 0.05) is 30.6 Å². The van der Waals surface area contributed by atoms with Crippen LogP contribution in [0.25, 0.3) is 5.57 Å². The van der Waals surface area contributed by atoms with Crippen molar-refractivity contribution in [1.29, 1.82) is 0 Å². The van der Waals surface area contributed by atoms with Gasteiger partial charge >= 0.3 is 5.97 Å². The number of pyridine rings is 1. The van der Waals surface area contributed by atoms with Crippen LogP contribution in [0.5, 0.6) is 0 Å². The van der Waals surface area contributed by atoms with Crippen molar-refractivity contribution in [3.63, 3.8) is 0 Å². The van der Waals surface area contributed by atoms with Crippen LogP contribution in [0.15, 0.2) is 24.6 Å². The van der Waals surface area contributed by atoms with E-state index in [1.807, 2.05) is 19.1 Å². The molecule has 2 aromatic rings. The fraction of sp³-hybridized carbons (Fsp3) is 0.421. The van der Waals surface area contributed by atoms with Crippen molar-refractivity contribution in [2.45, 2.75) is 26.8 Å². The summed E-state index contributed by atoms with van der Waals surface area (Å²) in [6.07, 6.45) is 3.73. The fourth-order valence-electron chi connectivity index (χ4n) is 3.69. The van der Waals surface area contributed by atoms with Crippen LogP contribution >= 0.6 is 0 Å². The summed E-state index contributed by atoms with van der Waals surface area (Å²) in [6.45, 7) is 6.24. The third-order valence-electron chi connectivity index (χ3n) is 5.37. The molecule has 0 radical (unpaired) electrons. The second-order valence-electron chi connectivity index (χ2n) is 7.28. The van der Waals surface area contributed by atoms with Crippen LogP contribution in [0.3, 0.4) is 0 Å². The van der Waals surface area contributed by atoms with Gasteiger partial charge in [0.2, 0.25) is 0 Å². The number of carboxylic acids is 1. The van der Waals surface area contributed by atoms with Gasteiger partial charge in [-0.3, -0.25) is 4.68 Å². The molecule has 2 aromatic heterocycles. The maximum atomic E-state index is 11.4. The van der Waals surface area contributed by atoms with Gasteiger partial charge in [0.05, 0.1) is 12.8 Å². The standard InChI is InChI=1S/C19H22N4O3/c1-11(10-24)18-16(19(25)26)9-23(21-18)8-13-3-4-17(20-12(13)2)22-6-14-5-15(14)7-22/h3-4,9-10,14-15,24H,5-8H2,1-2H3,(H,25,26)/b11-10+. The number of hydrogen-bond acceptors (Lipinski definition) is 5. The summed E-state index contributed by atoms with van der Waals surface area (Å²) in [4.78, 5) is 18.5. The molecule has 2 aliphatic rings. The zero-order chi connectivity index (χ0) is 18.4. The highest BCUT2D eigenvalue weighted by molar-refractivity contribution is 5.92. The summed E-state index contributed by atoms with van der Waals surface area (Å²) in [5.41, 5.74) is 2.69. The Morgan fingerprint density at radius 1 is 1.35 bits per heavy atom. The van der Waals surface area contributed by atoms with E-state index in [-0.39, 0.29) is 11.3 Å². The Hall–Kier alpha value is -2.83. The predicted molar refractivity (Wildman–Crippen MR) is 97.4 cm³/mol. The summed E-state index contributed by atoms with van der Waals surface area (Å²) in [5.74, 6) is 1.67. The molecule has 2 unspecified atom stereocenters. The van der Waals surface area contributed by atoms with Gasteiger partial charge in [-0.2, -0.15) is 5.10 Å². The Balaban J connectivity index is 1.56. The van der Waals surface area contributed by atoms with Gasteiger partial charge in [0.15, 0.2) is 0 Å². The first-order valence-electron chi connectivity index (χ1n) is 8.80. The van der Waals surface area contributed by atoms with Crippen LogP contribution in [0.4, 0.5) is 5.82 Å². The second kappa shape index (κ2) is 6.16. The van der Waals surface area contributed by atoms with E-state index in [1.165, 1.54) is 12.6 Å². The lowest BCUT2D eigenvalue weighted by Crippen LogP contribution is -2.23. The van der Waals surface area contributed by atoms with Crippen LogP contribution in [0.1, 0.15) is 40.7 Å². The van der Waals surface area contributed by atoms with Crippen molar-refractivity contribution >= 4 is 17.4 Å². The molecule has 0 amide bonds. The number of nitrogens with zero attached hydrogens (tertiary/aromatic N) is 4. The number of carboxylic acid groups (broad SMARTS) is 1. The lowest BCUT2D eigenvalue weighted by Gasteiger charge is -2.20. The quantitative estimate of drug-likeness (QED) is 0.802. The van der Waals surface area contributed by atoms with Gasteiger partial charge in [0.25, 0.3) is 0 Å². The fourth-order valence-corrected chi connectivity index (χ4v) is 3.69. The summed E-state index contributed by atoms with van der Waals surface area (Å²) in [5, 5.41) is 22.8. The number of piperidine rings is 1. The number of hydrogen-bond donors (Lipinski definition) is 2. The van der Waals surface area contributed by atoms with Gasteiger partial charge in [-0.25, -0.2) is 9.78 Å². The van der Waals surface area contributed by atoms with E-state index in [9.17, 15) is 15.0 Å². The van der Waals surface area contributed by atoms with E-state index in [1.54, 1.807) is 11.6 Å². The minimum Gasteiger partial charge on any atom is -0.515 e. The smallest absolute Gasteiger partial charge is 0.339 e. The predicted octanol–water partition coefficient (Wildman–Crippen LogP) is 2.71. The maximum Gasteiger partial charge on any atom is 0.339 e. The van der Waals surface area contributed by atoms with E-state index in [0.29, 0.717) is 12.1 Å². The molecule has 2 fully saturated rings. The molecule has 7 heteroatoms. The Morgan fingerprint density at radius 2 is 2.08 bits per heavy atom. The van der Waals surface area contributed by atoms with Crippen molar-refractivity contribution in [3.8, 4) is 0 Å². The number of aliphatic hydroxyl groups is 1. The SMILES string of the molecule is C/C(=C\O)c1nn(Cc2ccc(N3CC4CC4C3)nc2C)cc1C(=O)O. The molecule has 2 atom stereocenters. The van der Waals surface area contributed by atoms with Gasteiger partial charge in [-0.05, 0) is 43.7 Å². The number of allylic oxidation sites excluding steroid dienone is 1. The van der Waals surface area contributed by atoms with Crippen LogP contribution in [-0.2, 0) is 6.54 Å². The van der Waals surface area contributed by atoms with Crippen molar-refractivity contribution < 1.29 is 15.0 Å². The highest BCUT2D eigenvalue weighted by Crippen LogP contribution is 2.45. The van der Waals surface area contributed by atoms with Crippen molar-refractivity contribution in [1.82, 2.24) is 14.8 Å². The van der Waals surface area contributed by atoms with Crippen LogP contribution in [0, 0.1) is 18.8 Å². The molecule has 26 heavy (non-hydrogen) atoms. The third kappa shape index (κ3) is 2.94. The van der Waals surface area contributed by atoms with Crippen LogP contribution in [-0.4, -0.2) is 44.0 Å². The molecule has 1 aliphatic carbocycles. The molecule has 7 nitrogen and oxygen atoms in total. The normalized spacial score (nSPS) is 21.8. The number of aromatic carboxylic acids is 1. The van der Waals surface area contributed by atoms with Crippen molar-refractivity contribution in [3.05, 3.63) is 47.1 Å². The second-order valence-corrected chi connectivity index (χ2v) is 7.28. The highest BCUT2D eigenvalue weighted by Gasteiger charge is 2.45. The Labute approximate surface area is 151 Å². The highest BCUT2D eigenvalue weighted by atomic mass is 16.4. The third-order valence-corrected chi connectivity index (χ3v) is 5.37. The van der Waals surface area contributed by atoms with Crippen LogP contribution in [0.2, 0.25) is 0 Å². The average Bonchev–Trinajstić information content (AvgIpc) is 3.04. The Bertz CT molecular complexity index is 892. The van der Waals surface area contributed by atoms with Crippen molar-refractivity contribution in [2.75, 3.05) is 18.0 Å². The number of fused-ring (bicyclic) bond motifs is 1. The summed E-state index contributed by atoms with van der Waals surface area (Å²) < 4.78 is 1.58. The summed E-state index contributed by atoms with van der Waals surface area (Å²) >= 11 is 0. The number of rotatable bonds is 5. The van der Waals surface area contributed by atoms with Crippen LogP contribution < -0.4 is 4.90 Å². The lowest BCUT2D eigenvalue weighted by atomic mass is 10.1. The Morgan fingerprint density at radius 3 is 2.69 bits per heavy atom.